The Morgan fingerprint density at radius 2 is 2.06 bits per heavy atom. The highest BCUT2D eigenvalue weighted by Gasteiger charge is 2.82. The Kier molecular flexibility index (Phi) is 1.76. The van der Waals surface area contributed by atoms with E-state index in [0.717, 1.165) is 22.8 Å². The Balaban J connectivity index is 1.70. The van der Waals surface area contributed by atoms with Crippen LogP contribution >= 0.6 is 15.9 Å². The van der Waals surface area contributed by atoms with Gasteiger partial charge in [-0.25, -0.2) is 0 Å². The SMILES string of the molecule is C[C@@H](c1ccccc1)[N+]12CC3CC1C2[C@H]3Br. The quantitative estimate of drug-likeness (QED) is 0.443. The fourth-order valence-electron chi connectivity index (χ4n) is 4.59. The highest BCUT2D eigenvalue weighted by Crippen LogP contribution is 2.67. The molecule has 4 fully saturated rings. The van der Waals surface area contributed by atoms with Crippen LogP contribution in [0.3, 0.4) is 0 Å². The first-order valence-electron chi connectivity index (χ1n) is 6.31. The summed E-state index contributed by atoms with van der Waals surface area (Å²) in [5.74, 6) is 0.959. The Hall–Kier alpha value is -0.340. The van der Waals surface area contributed by atoms with Crippen LogP contribution in [0, 0.1) is 5.92 Å². The summed E-state index contributed by atoms with van der Waals surface area (Å²) in [6.07, 6.45) is 1.47. The number of rotatable bonds is 2. The van der Waals surface area contributed by atoms with E-state index in [1.165, 1.54) is 23.0 Å². The molecule has 6 atom stereocenters. The van der Waals surface area contributed by atoms with Gasteiger partial charge in [-0.2, -0.15) is 0 Å². The van der Waals surface area contributed by atoms with Crippen LogP contribution < -0.4 is 0 Å². The molecule has 1 aliphatic carbocycles. The van der Waals surface area contributed by atoms with Gasteiger partial charge in [-0.3, -0.25) is 0 Å². The molecule has 3 aliphatic heterocycles. The third-order valence-corrected chi connectivity index (χ3v) is 6.64. The van der Waals surface area contributed by atoms with E-state index in [4.69, 9.17) is 0 Å². The Labute approximate surface area is 105 Å². The van der Waals surface area contributed by atoms with Crippen molar-refractivity contribution in [2.24, 2.45) is 5.92 Å². The smallest absolute Gasteiger partial charge is 0.155 e. The van der Waals surface area contributed by atoms with Gasteiger partial charge in [-0.05, 0) is 6.92 Å². The maximum Gasteiger partial charge on any atom is 0.155 e. The summed E-state index contributed by atoms with van der Waals surface area (Å²) in [5, 5.41) is 0. The van der Waals surface area contributed by atoms with Crippen LogP contribution in [0.15, 0.2) is 30.3 Å². The van der Waals surface area contributed by atoms with Crippen LogP contribution in [0.2, 0.25) is 0 Å². The monoisotopic (exact) mass is 278 g/mol. The van der Waals surface area contributed by atoms with E-state index in [1.54, 1.807) is 0 Å². The van der Waals surface area contributed by atoms with Crippen molar-refractivity contribution < 1.29 is 4.48 Å². The van der Waals surface area contributed by atoms with Crippen LogP contribution in [0.25, 0.3) is 0 Å². The first kappa shape index (κ1) is 9.67. The van der Waals surface area contributed by atoms with Gasteiger partial charge in [0.1, 0.15) is 12.1 Å². The van der Waals surface area contributed by atoms with Crippen molar-refractivity contribution in [1.82, 2.24) is 0 Å². The second-order valence-electron chi connectivity index (χ2n) is 5.76. The summed E-state index contributed by atoms with van der Waals surface area (Å²) in [6, 6.07) is 13.7. The summed E-state index contributed by atoms with van der Waals surface area (Å²) in [7, 11) is 0. The highest BCUT2D eigenvalue weighted by molar-refractivity contribution is 9.09. The molecular formula is C14H17BrN+. The number of nitrogens with zero attached hydrogens (tertiary/aromatic N) is 1. The lowest BCUT2D eigenvalue weighted by molar-refractivity contribution is -0.841. The molecule has 4 unspecified atom stereocenters. The molecule has 0 radical (unpaired) electrons. The molecule has 1 nitrogen and oxygen atoms in total. The lowest BCUT2D eigenvalue weighted by Gasteiger charge is -2.24. The second-order valence-corrected chi connectivity index (χ2v) is 6.82. The van der Waals surface area contributed by atoms with Crippen LogP contribution in [-0.4, -0.2) is 27.9 Å². The van der Waals surface area contributed by atoms with Crippen molar-refractivity contribution in [2.45, 2.75) is 36.3 Å². The average Bonchev–Trinajstić information content (AvgIpc) is 2.66. The molecule has 84 valence electrons. The van der Waals surface area contributed by atoms with Gasteiger partial charge in [-0.1, -0.05) is 46.3 Å². The molecule has 4 bridgehead atoms. The lowest BCUT2D eigenvalue weighted by Crippen LogP contribution is -2.29. The molecule has 1 aromatic rings. The van der Waals surface area contributed by atoms with Gasteiger partial charge in [-0.15, -0.1) is 0 Å². The Bertz CT molecular complexity index is 432. The van der Waals surface area contributed by atoms with Gasteiger partial charge in [0.05, 0.1) is 11.4 Å². The van der Waals surface area contributed by atoms with Gasteiger partial charge < -0.3 is 4.48 Å². The number of hydrogen-bond donors (Lipinski definition) is 0. The van der Waals surface area contributed by atoms with Crippen molar-refractivity contribution in [2.75, 3.05) is 6.54 Å². The minimum Gasteiger partial charge on any atom is -0.302 e. The molecule has 4 aliphatic rings. The van der Waals surface area contributed by atoms with E-state index in [9.17, 15) is 0 Å². The maximum absolute atomic E-state index is 3.91. The van der Waals surface area contributed by atoms with E-state index < -0.39 is 0 Å². The van der Waals surface area contributed by atoms with Crippen molar-refractivity contribution in [1.29, 1.82) is 0 Å². The van der Waals surface area contributed by atoms with Crippen LogP contribution in [0.4, 0.5) is 0 Å². The minimum atomic E-state index is 0.698. The van der Waals surface area contributed by atoms with Crippen molar-refractivity contribution in [3.05, 3.63) is 35.9 Å². The number of piperidine rings is 3. The molecule has 1 aromatic carbocycles. The molecule has 5 rings (SSSR count). The summed E-state index contributed by atoms with van der Waals surface area (Å²) in [5.41, 5.74) is 1.53. The van der Waals surface area contributed by atoms with Crippen LogP contribution in [-0.2, 0) is 0 Å². The Morgan fingerprint density at radius 1 is 1.31 bits per heavy atom. The van der Waals surface area contributed by atoms with Gasteiger partial charge in [0.2, 0.25) is 0 Å². The van der Waals surface area contributed by atoms with E-state index in [0.29, 0.717) is 6.04 Å². The number of alkyl halides is 1. The maximum atomic E-state index is 3.91. The first-order valence-corrected chi connectivity index (χ1v) is 7.23. The summed E-state index contributed by atoms with van der Waals surface area (Å²) >= 11 is 3.91. The molecule has 0 amide bonds. The Morgan fingerprint density at radius 3 is 2.56 bits per heavy atom. The predicted molar refractivity (Wildman–Crippen MR) is 68.4 cm³/mol. The van der Waals surface area contributed by atoms with Gasteiger partial charge in [0.25, 0.3) is 0 Å². The minimum absolute atomic E-state index is 0.698. The zero-order valence-electron chi connectivity index (χ0n) is 9.51. The van der Waals surface area contributed by atoms with E-state index in [2.05, 4.69) is 53.2 Å². The molecule has 2 heteroatoms. The molecule has 1 saturated carbocycles. The third kappa shape index (κ3) is 0.925. The molecular weight excluding hydrogens is 262 g/mol. The zero-order chi connectivity index (χ0) is 10.9. The highest BCUT2D eigenvalue weighted by atomic mass is 79.9. The summed E-state index contributed by atoms with van der Waals surface area (Å²) in [4.78, 5) is 0.809. The van der Waals surface area contributed by atoms with Gasteiger partial charge >= 0.3 is 0 Å². The second kappa shape index (κ2) is 2.91. The number of benzene rings is 1. The van der Waals surface area contributed by atoms with Crippen LogP contribution in [0.5, 0.6) is 0 Å². The molecule has 3 heterocycles. The largest absolute Gasteiger partial charge is 0.302 e. The molecule has 0 spiro atoms. The predicted octanol–water partition coefficient (Wildman–Crippen LogP) is 3.11. The third-order valence-electron chi connectivity index (χ3n) is 5.35. The van der Waals surface area contributed by atoms with Gasteiger partial charge in [0.15, 0.2) is 6.04 Å². The molecule has 0 N–H and O–H groups in total. The lowest BCUT2D eigenvalue weighted by atomic mass is 10.1. The standard InChI is InChI=1S/C14H17BrN/c1-9(10-5-3-2-4-6-10)16-8-11-7-12(16)14(16)13(11)15/h2-6,9,11-14H,7-8H2,1H3/q+1/t9-,11?,12?,13-,14?,16?/m0/s1. The topological polar surface area (TPSA) is 0 Å². The molecule has 3 saturated heterocycles. The van der Waals surface area contributed by atoms with E-state index in [-0.39, 0.29) is 0 Å². The first-order chi connectivity index (χ1) is 7.75. The fourth-order valence-corrected chi connectivity index (χ4v) is 5.76. The molecule has 16 heavy (non-hydrogen) atoms. The summed E-state index contributed by atoms with van der Waals surface area (Å²) in [6.45, 7) is 3.84. The number of halogens is 1. The molecule has 0 aromatic heterocycles. The van der Waals surface area contributed by atoms with Crippen molar-refractivity contribution in [3.8, 4) is 0 Å². The zero-order valence-corrected chi connectivity index (χ0v) is 11.1. The average molecular weight is 279 g/mol. The number of hydrogen-bond acceptors (Lipinski definition) is 0. The normalized spacial score (nSPS) is 49.4. The fraction of sp³-hybridized carbons (Fsp3) is 0.571. The van der Waals surface area contributed by atoms with Crippen LogP contribution in [0.1, 0.15) is 24.9 Å². The van der Waals surface area contributed by atoms with Crippen molar-refractivity contribution in [3.63, 3.8) is 0 Å². The van der Waals surface area contributed by atoms with Crippen molar-refractivity contribution >= 4 is 15.9 Å². The summed E-state index contributed by atoms with van der Waals surface area (Å²) < 4.78 is 1.39. The van der Waals surface area contributed by atoms with E-state index in [1.807, 2.05) is 0 Å². The number of quaternary nitrogens is 1. The van der Waals surface area contributed by atoms with E-state index >= 15 is 0 Å². The van der Waals surface area contributed by atoms with Gasteiger partial charge in [0, 0.05) is 17.9 Å².